The van der Waals surface area contributed by atoms with Crippen LogP contribution in [0, 0.1) is 17.8 Å². The number of rotatable bonds is 2. The van der Waals surface area contributed by atoms with Gasteiger partial charge in [-0.05, 0) is 50.4 Å². The zero-order valence-electron chi connectivity index (χ0n) is 10.7. The van der Waals surface area contributed by atoms with Crippen molar-refractivity contribution in [2.75, 3.05) is 13.1 Å². The number of carbonyl (C=O) groups excluding carboxylic acids is 1. The molecule has 1 saturated heterocycles. The zero-order chi connectivity index (χ0) is 12.0. The number of amides is 1. The minimum Gasteiger partial charge on any atom is -0.388 e. The van der Waals surface area contributed by atoms with Crippen LogP contribution >= 0.6 is 0 Å². The first kappa shape index (κ1) is 11.5. The summed E-state index contributed by atoms with van der Waals surface area (Å²) in [5.74, 6) is 2.67. The van der Waals surface area contributed by atoms with Gasteiger partial charge in [-0.2, -0.15) is 0 Å². The van der Waals surface area contributed by atoms with E-state index in [4.69, 9.17) is 0 Å². The molecule has 3 rings (SSSR count). The second-order valence-corrected chi connectivity index (χ2v) is 6.70. The van der Waals surface area contributed by atoms with Crippen molar-refractivity contribution in [2.45, 2.75) is 51.0 Å². The van der Waals surface area contributed by atoms with Crippen LogP contribution in [0.1, 0.15) is 45.4 Å². The molecule has 0 spiro atoms. The number of hydrogen-bond donors (Lipinski definition) is 1. The number of aliphatic hydroxyl groups is 1. The first-order valence-corrected chi connectivity index (χ1v) is 7.04. The molecule has 0 aromatic carbocycles. The average molecular weight is 237 g/mol. The lowest BCUT2D eigenvalue weighted by atomic mass is 9.86. The molecule has 4 atom stereocenters. The van der Waals surface area contributed by atoms with E-state index in [-0.39, 0.29) is 5.91 Å². The Kier molecular flexibility index (Phi) is 2.69. The van der Waals surface area contributed by atoms with Crippen molar-refractivity contribution in [1.29, 1.82) is 0 Å². The first-order chi connectivity index (χ1) is 8.03. The highest BCUT2D eigenvalue weighted by Crippen LogP contribution is 2.49. The molecule has 3 fully saturated rings. The Labute approximate surface area is 103 Å². The molecule has 0 aromatic rings. The van der Waals surface area contributed by atoms with Crippen LogP contribution in [0.15, 0.2) is 0 Å². The molecule has 2 bridgehead atoms. The van der Waals surface area contributed by atoms with Crippen molar-refractivity contribution in [2.24, 2.45) is 17.8 Å². The molecular formula is C14H23NO2. The molecule has 0 radical (unpaired) electrons. The standard InChI is InChI=1S/C14H23NO2/c1-14(17)4-5-15(9-14)13(16)8-12-7-10-2-3-11(12)6-10/h10-12,17H,2-9H2,1H3. The minimum absolute atomic E-state index is 0.278. The Morgan fingerprint density at radius 1 is 1.41 bits per heavy atom. The summed E-state index contributed by atoms with van der Waals surface area (Å²) in [6, 6.07) is 0. The highest BCUT2D eigenvalue weighted by molar-refractivity contribution is 5.77. The predicted octanol–water partition coefficient (Wildman–Crippen LogP) is 1.80. The van der Waals surface area contributed by atoms with Crippen LogP contribution in [-0.4, -0.2) is 34.6 Å². The van der Waals surface area contributed by atoms with Crippen LogP contribution in [0.4, 0.5) is 0 Å². The quantitative estimate of drug-likeness (QED) is 0.795. The summed E-state index contributed by atoms with van der Waals surface area (Å²) < 4.78 is 0. The molecule has 3 aliphatic rings. The zero-order valence-corrected chi connectivity index (χ0v) is 10.7. The molecule has 4 unspecified atom stereocenters. The van der Waals surface area contributed by atoms with Gasteiger partial charge in [-0.15, -0.1) is 0 Å². The van der Waals surface area contributed by atoms with E-state index >= 15 is 0 Å². The summed E-state index contributed by atoms with van der Waals surface area (Å²) in [7, 11) is 0. The third-order valence-electron chi connectivity index (χ3n) is 5.13. The second kappa shape index (κ2) is 3.98. The number of carbonyl (C=O) groups is 1. The van der Waals surface area contributed by atoms with Crippen LogP contribution in [-0.2, 0) is 4.79 Å². The molecular weight excluding hydrogens is 214 g/mol. The van der Waals surface area contributed by atoms with E-state index in [0.717, 1.165) is 31.2 Å². The molecule has 1 amide bonds. The molecule has 3 nitrogen and oxygen atoms in total. The lowest BCUT2D eigenvalue weighted by Gasteiger charge is -2.24. The highest BCUT2D eigenvalue weighted by Gasteiger charge is 2.42. The van der Waals surface area contributed by atoms with E-state index in [1.54, 1.807) is 0 Å². The Hall–Kier alpha value is -0.570. The van der Waals surface area contributed by atoms with Crippen molar-refractivity contribution in [3.8, 4) is 0 Å². The van der Waals surface area contributed by atoms with Gasteiger partial charge < -0.3 is 10.0 Å². The monoisotopic (exact) mass is 237 g/mol. The van der Waals surface area contributed by atoms with Crippen molar-refractivity contribution < 1.29 is 9.90 Å². The number of β-amino-alcohol motifs (C(OH)–C–C–N with tert-alkyl or cyclic N) is 1. The van der Waals surface area contributed by atoms with Crippen LogP contribution < -0.4 is 0 Å². The predicted molar refractivity (Wildman–Crippen MR) is 65.4 cm³/mol. The minimum atomic E-state index is -0.648. The summed E-state index contributed by atoms with van der Waals surface area (Å²) in [5, 5.41) is 9.89. The first-order valence-electron chi connectivity index (χ1n) is 7.04. The number of fused-ring (bicyclic) bond motifs is 2. The smallest absolute Gasteiger partial charge is 0.222 e. The second-order valence-electron chi connectivity index (χ2n) is 6.70. The van der Waals surface area contributed by atoms with Gasteiger partial charge in [0.2, 0.25) is 5.91 Å². The normalized spacial score (nSPS) is 44.6. The van der Waals surface area contributed by atoms with Crippen LogP contribution in [0.3, 0.4) is 0 Å². The third kappa shape index (κ3) is 2.22. The summed E-state index contributed by atoms with van der Waals surface area (Å²) >= 11 is 0. The summed E-state index contributed by atoms with van der Waals surface area (Å²) in [6.45, 7) is 3.11. The average Bonchev–Trinajstić information content (AvgIpc) is 2.92. The van der Waals surface area contributed by atoms with Gasteiger partial charge in [-0.25, -0.2) is 0 Å². The van der Waals surface area contributed by atoms with Gasteiger partial charge in [0.05, 0.1) is 5.60 Å². The Morgan fingerprint density at radius 2 is 2.24 bits per heavy atom. The van der Waals surface area contributed by atoms with Gasteiger partial charge in [-0.3, -0.25) is 4.79 Å². The van der Waals surface area contributed by atoms with Crippen molar-refractivity contribution in [3.05, 3.63) is 0 Å². The Bertz CT molecular complexity index is 326. The molecule has 96 valence electrons. The molecule has 0 aromatic heterocycles. The van der Waals surface area contributed by atoms with Gasteiger partial charge >= 0.3 is 0 Å². The molecule has 2 aliphatic carbocycles. The molecule has 2 saturated carbocycles. The fraction of sp³-hybridized carbons (Fsp3) is 0.929. The summed E-state index contributed by atoms with van der Waals surface area (Å²) in [4.78, 5) is 14.0. The fourth-order valence-electron chi connectivity index (χ4n) is 4.14. The van der Waals surface area contributed by atoms with Gasteiger partial charge in [0.1, 0.15) is 0 Å². The Balaban J connectivity index is 1.54. The van der Waals surface area contributed by atoms with E-state index in [9.17, 15) is 9.90 Å². The largest absolute Gasteiger partial charge is 0.388 e. The summed E-state index contributed by atoms with van der Waals surface area (Å²) in [5.41, 5.74) is -0.648. The van der Waals surface area contributed by atoms with Gasteiger partial charge in [0, 0.05) is 19.5 Å². The molecule has 3 heteroatoms. The van der Waals surface area contributed by atoms with Crippen molar-refractivity contribution >= 4 is 5.91 Å². The lowest BCUT2D eigenvalue weighted by molar-refractivity contribution is -0.132. The van der Waals surface area contributed by atoms with E-state index in [1.165, 1.54) is 25.7 Å². The van der Waals surface area contributed by atoms with E-state index < -0.39 is 5.60 Å². The van der Waals surface area contributed by atoms with Crippen LogP contribution in [0.25, 0.3) is 0 Å². The van der Waals surface area contributed by atoms with Gasteiger partial charge in [0.25, 0.3) is 0 Å². The molecule has 17 heavy (non-hydrogen) atoms. The van der Waals surface area contributed by atoms with Gasteiger partial charge in [-0.1, -0.05) is 6.42 Å². The number of likely N-dealkylation sites (tertiary alicyclic amines) is 1. The highest BCUT2D eigenvalue weighted by atomic mass is 16.3. The van der Waals surface area contributed by atoms with Crippen molar-refractivity contribution in [1.82, 2.24) is 4.90 Å². The fourth-order valence-corrected chi connectivity index (χ4v) is 4.14. The molecule has 1 aliphatic heterocycles. The van der Waals surface area contributed by atoms with Gasteiger partial charge in [0.15, 0.2) is 0 Å². The van der Waals surface area contributed by atoms with Crippen LogP contribution in [0.5, 0.6) is 0 Å². The maximum absolute atomic E-state index is 12.2. The Morgan fingerprint density at radius 3 is 2.76 bits per heavy atom. The third-order valence-corrected chi connectivity index (χ3v) is 5.13. The number of nitrogens with zero attached hydrogens (tertiary/aromatic N) is 1. The molecule has 1 N–H and O–H groups in total. The van der Waals surface area contributed by atoms with Crippen molar-refractivity contribution in [3.63, 3.8) is 0 Å². The number of hydrogen-bond acceptors (Lipinski definition) is 2. The SMILES string of the molecule is CC1(O)CCN(C(=O)CC2CC3CCC2C3)C1. The maximum Gasteiger partial charge on any atom is 0.222 e. The van der Waals surface area contributed by atoms with E-state index in [1.807, 2.05) is 11.8 Å². The van der Waals surface area contributed by atoms with E-state index in [2.05, 4.69) is 0 Å². The molecule has 1 heterocycles. The maximum atomic E-state index is 12.2. The topological polar surface area (TPSA) is 40.5 Å². The van der Waals surface area contributed by atoms with Crippen LogP contribution in [0.2, 0.25) is 0 Å². The van der Waals surface area contributed by atoms with E-state index in [0.29, 0.717) is 12.5 Å². The summed E-state index contributed by atoms with van der Waals surface area (Å²) in [6.07, 6.45) is 6.86. The lowest BCUT2D eigenvalue weighted by Crippen LogP contribution is -2.35.